The number of para-hydroxylation sites is 1. The normalized spacial score (nSPS) is 13.5. The summed E-state index contributed by atoms with van der Waals surface area (Å²) in [5.41, 5.74) is 2.26. The van der Waals surface area contributed by atoms with Crippen LogP contribution in [0, 0.1) is 6.57 Å². The molecule has 1 saturated heterocycles. The number of carbonyl (C=O) groups is 1. The van der Waals surface area contributed by atoms with Crippen molar-refractivity contribution < 1.29 is 14.3 Å². The second-order valence-corrected chi connectivity index (χ2v) is 5.71. The molecule has 3 rings (SSSR count). The molecule has 5 nitrogen and oxygen atoms in total. The zero-order chi connectivity index (χ0) is 17.8. The van der Waals surface area contributed by atoms with Gasteiger partial charge in [0, 0.05) is 5.56 Å². The number of nitrogens with zero attached hydrogens (tertiary/aromatic N) is 2. The third kappa shape index (κ3) is 3.48. The molecule has 5 heteroatoms. The molecule has 0 atom stereocenters. The lowest BCUT2D eigenvalue weighted by Crippen LogP contribution is -2.55. The highest BCUT2D eigenvalue weighted by Gasteiger charge is 2.31. The predicted octanol–water partition coefficient (Wildman–Crippen LogP) is 3.69. The van der Waals surface area contributed by atoms with Crippen LogP contribution in [0.1, 0.15) is 0 Å². The fourth-order valence-electron chi connectivity index (χ4n) is 2.77. The average molecular weight is 334 g/mol. The Kier molecular flexibility index (Phi) is 4.71. The zero-order valence-corrected chi connectivity index (χ0v) is 13.9. The van der Waals surface area contributed by atoms with Crippen LogP contribution in [0.2, 0.25) is 0 Å². The van der Waals surface area contributed by atoms with Gasteiger partial charge < -0.3 is 14.4 Å². The standard InChI is InChI=1S/C20H18N2O3/c1-4-20(23)22-12-17(13-22)25-16-10-14(9-15(11-16)21-2)18-7-5-6-8-19(18)24-3/h4-11,17H,1,12-13H2,3H3. The van der Waals surface area contributed by atoms with Gasteiger partial charge in [-0.1, -0.05) is 24.8 Å². The average Bonchev–Trinajstić information content (AvgIpc) is 2.63. The van der Waals surface area contributed by atoms with Crippen molar-refractivity contribution in [2.75, 3.05) is 20.2 Å². The molecule has 0 radical (unpaired) electrons. The number of likely N-dealkylation sites (tertiary alicyclic amines) is 1. The Morgan fingerprint density at radius 1 is 1.32 bits per heavy atom. The van der Waals surface area contributed by atoms with E-state index in [1.807, 2.05) is 36.4 Å². The number of hydrogen-bond acceptors (Lipinski definition) is 3. The summed E-state index contributed by atoms with van der Waals surface area (Å²) in [4.78, 5) is 16.7. The van der Waals surface area contributed by atoms with E-state index < -0.39 is 0 Å². The maximum Gasteiger partial charge on any atom is 0.246 e. The monoisotopic (exact) mass is 334 g/mol. The van der Waals surface area contributed by atoms with Crippen molar-refractivity contribution in [2.24, 2.45) is 0 Å². The van der Waals surface area contributed by atoms with E-state index in [0.29, 0.717) is 24.5 Å². The number of amides is 1. The molecule has 1 amide bonds. The Balaban J connectivity index is 1.83. The van der Waals surface area contributed by atoms with Gasteiger partial charge in [-0.25, -0.2) is 4.85 Å². The Hall–Kier alpha value is -3.26. The van der Waals surface area contributed by atoms with Crippen LogP contribution >= 0.6 is 0 Å². The molecule has 126 valence electrons. The molecule has 0 N–H and O–H groups in total. The van der Waals surface area contributed by atoms with Crippen LogP contribution in [-0.4, -0.2) is 37.1 Å². The Morgan fingerprint density at radius 2 is 2.08 bits per heavy atom. The Morgan fingerprint density at radius 3 is 2.76 bits per heavy atom. The summed E-state index contributed by atoms with van der Waals surface area (Å²) in [6.45, 7) is 11.9. The van der Waals surface area contributed by atoms with Gasteiger partial charge in [-0.2, -0.15) is 0 Å². The maximum atomic E-state index is 11.5. The van der Waals surface area contributed by atoms with E-state index in [-0.39, 0.29) is 12.0 Å². The molecule has 0 aromatic heterocycles. The Labute approximate surface area is 146 Å². The third-order valence-electron chi connectivity index (χ3n) is 4.08. The molecule has 1 aliphatic rings. The van der Waals surface area contributed by atoms with Crippen LogP contribution in [0.15, 0.2) is 55.1 Å². The lowest BCUT2D eigenvalue weighted by molar-refractivity contribution is -0.134. The van der Waals surface area contributed by atoms with Gasteiger partial charge in [0.25, 0.3) is 0 Å². The Bertz CT molecular complexity index is 848. The molecule has 2 aromatic carbocycles. The van der Waals surface area contributed by atoms with Gasteiger partial charge in [-0.05, 0) is 35.9 Å². The number of ether oxygens (including phenoxy) is 2. The fraction of sp³-hybridized carbons (Fsp3) is 0.200. The summed E-state index contributed by atoms with van der Waals surface area (Å²) in [7, 11) is 1.62. The van der Waals surface area contributed by atoms with Gasteiger partial charge in [0.15, 0.2) is 5.69 Å². The molecular weight excluding hydrogens is 316 g/mol. The molecule has 0 bridgehead atoms. The first-order chi connectivity index (χ1) is 12.1. The van der Waals surface area contributed by atoms with Crippen LogP contribution in [0.5, 0.6) is 11.5 Å². The lowest BCUT2D eigenvalue weighted by Gasteiger charge is -2.38. The van der Waals surface area contributed by atoms with Gasteiger partial charge in [0.05, 0.1) is 26.8 Å². The summed E-state index contributed by atoms with van der Waals surface area (Å²) < 4.78 is 11.3. The van der Waals surface area contributed by atoms with Gasteiger partial charge in [-0.3, -0.25) is 4.79 Å². The fourth-order valence-corrected chi connectivity index (χ4v) is 2.77. The van der Waals surface area contributed by atoms with Gasteiger partial charge in [0.1, 0.15) is 17.6 Å². The van der Waals surface area contributed by atoms with Crippen molar-refractivity contribution in [2.45, 2.75) is 6.10 Å². The first kappa shape index (κ1) is 16.6. The van der Waals surface area contributed by atoms with E-state index in [0.717, 1.165) is 16.9 Å². The highest BCUT2D eigenvalue weighted by atomic mass is 16.5. The highest BCUT2D eigenvalue weighted by Crippen LogP contribution is 2.35. The number of carbonyl (C=O) groups excluding carboxylic acids is 1. The van der Waals surface area contributed by atoms with E-state index >= 15 is 0 Å². The number of hydrogen-bond donors (Lipinski definition) is 0. The smallest absolute Gasteiger partial charge is 0.246 e. The van der Waals surface area contributed by atoms with Gasteiger partial charge in [0.2, 0.25) is 5.91 Å². The van der Waals surface area contributed by atoms with Crippen LogP contribution in [0.25, 0.3) is 16.0 Å². The minimum absolute atomic E-state index is 0.0737. The molecule has 0 aliphatic carbocycles. The summed E-state index contributed by atoms with van der Waals surface area (Å²) >= 11 is 0. The molecule has 0 unspecified atom stereocenters. The molecule has 0 saturated carbocycles. The molecule has 1 heterocycles. The van der Waals surface area contributed by atoms with Crippen molar-refractivity contribution in [3.8, 4) is 22.6 Å². The molecule has 1 aliphatic heterocycles. The summed E-state index contributed by atoms with van der Waals surface area (Å²) in [5, 5.41) is 0. The maximum absolute atomic E-state index is 11.5. The molecule has 0 spiro atoms. The van der Waals surface area contributed by atoms with E-state index in [9.17, 15) is 4.79 Å². The van der Waals surface area contributed by atoms with E-state index in [1.54, 1.807) is 18.1 Å². The third-order valence-corrected chi connectivity index (χ3v) is 4.08. The molecule has 1 fully saturated rings. The van der Waals surface area contributed by atoms with E-state index in [1.165, 1.54) is 6.08 Å². The quantitative estimate of drug-likeness (QED) is 0.619. The minimum Gasteiger partial charge on any atom is -0.496 e. The second-order valence-electron chi connectivity index (χ2n) is 5.71. The van der Waals surface area contributed by atoms with Crippen LogP contribution in [-0.2, 0) is 4.79 Å². The minimum atomic E-state index is -0.0931. The highest BCUT2D eigenvalue weighted by molar-refractivity contribution is 5.87. The number of rotatable bonds is 5. The largest absolute Gasteiger partial charge is 0.496 e. The van der Waals surface area contributed by atoms with Crippen LogP contribution in [0.3, 0.4) is 0 Å². The van der Waals surface area contributed by atoms with Gasteiger partial charge in [-0.15, -0.1) is 0 Å². The van der Waals surface area contributed by atoms with Crippen molar-refractivity contribution >= 4 is 11.6 Å². The zero-order valence-electron chi connectivity index (χ0n) is 13.9. The molecular formula is C20H18N2O3. The topological polar surface area (TPSA) is 43.1 Å². The number of benzene rings is 2. The van der Waals surface area contributed by atoms with Crippen LogP contribution in [0.4, 0.5) is 5.69 Å². The second kappa shape index (κ2) is 7.10. The first-order valence-electron chi connectivity index (χ1n) is 7.88. The number of methoxy groups -OCH3 is 1. The van der Waals surface area contributed by atoms with Crippen molar-refractivity contribution in [1.82, 2.24) is 4.90 Å². The van der Waals surface area contributed by atoms with Crippen molar-refractivity contribution in [3.63, 3.8) is 0 Å². The molecule has 2 aromatic rings. The first-order valence-corrected chi connectivity index (χ1v) is 7.88. The SMILES string of the molecule is [C-]#[N+]c1cc(OC2CN(C(=O)C=C)C2)cc(-c2ccccc2OC)c1. The summed E-state index contributed by atoms with van der Waals surface area (Å²) in [6, 6.07) is 13.1. The van der Waals surface area contributed by atoms with Crippen molar-refractivity contribution in [3.05, 3.63) is 66.5 Å². The lowest BCUT2D eigenvalue weighted by atomic mass is 10.0. The van der Waals surface area contributed by atoms with E-state index in [4.69, 9.17) is 16.0 Å². The molecule has 25 heavy (non-hydrogen) atoms. The van der Waals surface area contributed by atoms with E-state index in [2.05, 4.69) is 11.4 Å². The summed E-state index contributed by atoms with van der Waals surface area (Å²) in [6.07, 6.45) is 1.23. The predicted molar refractivity (Wildman–Crippen MR) is 95.9 cm³/mol. The van der Waals surface area contributed by atoms with Gasteiger partial charge >= 0.3 is 0 Å². The summed E-state index contributed by atoms with van der Waals surface area (Å²) in [5.74, 6) is 1.26. The van der Waals surface area contributed by atoms with Crippen molar-refractivity contribution in [1.29, 1.82) is 0 Å². The van der Waals surface area contributed by atoms with Crippen LogP contribution < -0.4 is 9.47 Å².